The van der Waals surface area contributed by atoms with Gasteiger partial charge in [0.25, 0.3) is 5.69 Å². The number of hydrazine groups is 1. The number of nitro benzene ring substituents is 1. The zero-order chi connectivity index (χ0) is 14.7. The van der Waals surface area contributed by atoms with Crippen molar-refractivity contribution in [3.63, 3.8) is 0 Å². The second-order valence-corrected chi connectivity index (χ2v) is 5.77. The Kier molecular flexibility index (Phi) is 4.57. The second kappa shape index (κ2) is 6.19. The molecule has 0 aliphatic heterocycles. The highest BCUT2D eigenvalue weighted by Crippen LogP contribution is 2.33. The molecule has 1 aliphatic rings. The molecule has 6 nitrogen and oxygen atoms in total. The zero-order valence-electron chi connectivity index (χ0n) is 12.0. The minimum atomic E-state index is -0.400. The van der Waals surface area contributed by atoms with E-state index in [4.69, 9.17) is 5.84 Å². The van der Waals surface area contributed by atoms with Crippen molar-refractivity contribution in [2.75, 3.05) is 12.0 Å². The number of para-hydroxylation sites is 1. The van der Waals surface area contributed by atoms with Crippen molar-refractivity contribution >= 4 is 11.4 Å². The molecule has 20 heavy (non-hydrogen) atoms. The van der Waals surface area contributed by atoms with Crippen LogP contribution in [0.2, 0.25) is 0 Å². The van der Waals surface area contributed by atoms with Gasteiger partial charge < -0.3 is 5.43 Å². The molecule has 0 bridgehead atoms. The number of rotatable bonds is 7. The van der Waals surface area contributed by atoms with Crippen LogP contribution in [-0.4, -0.2) is 22.4 Å². The Balaban J connectivity index is 2.22. The third-order valence-corrected chi connectivity index (χ3v) is 3.51. The lowest BCUT2D eigenvalue weighted by atomic mass is 10.1. The normalized spacial score (nSPS) is 14.8. The van der Waals surface area contributed by atoms with E-state index >= 15 is 0 Å². The summed E-state index contributed by atoms with van der Waals surface area (Å²) in [5, 5.41) is 11.0. The predicted molar refractivity (Wildman–Crippen MR) is 79.2 cm³/mol. The average Bonchev–Trinajstić information content (AvgIpc) is 3.21. The summed E-state index contributed by atoms with van der Waals surface area (Å²) in [5.74, 6) is 6.06. The number of hydrogen-bond donors (Lipinski definition) is 2. The summed E-state index contributed by atoms with van der Waals surface area (Å²) in [6, 6.07) is 5.71. The average molecular weight is 278 g/mol. The first-order valence-corrected chi connectivity index (χ1v) is 7.00. The van der Waals surface area contributed by atoms with Gasteiger partial charge in [0, 0.05) is 25.2 Å². The number of anilines is 1. The number of nitrogens with one attached hydrogen (secondary N) is 1. The van der Waals surface area contributed by atoms with Crippen LogP contribution >= 0.6 is 0 Å². The molecule has 1 fully saturated rings. The molecule has 3 N–H and O–H groups in total. The molecule has 1 saturated carbocycles. The van der Waals surface area contributed by atoms with Crippen LogP contribution in [-0.2, 0) is 6.54 Å². The Bertz CT molecular complexity index is 486. The number of nitrogen functional groups attached to an aromatic ring is 1. The number of nitro groups is 1. The lowest BCUT2D eigenvalue weighted by molar-refractivity contribution is -0.384. The highest BCUT2D eigenvalue weighted by atomic mass is 16.6. The van der Waals surface area contributed by atoms with Crippen LogP contribution in [0.5, 0.6) is 0 Å². The first-order chi connectivity index (χ1) is 9.52. The lowest BCUT2D eigenvalue weighted by Gasteiger charge is -2.25. The van der Waals surface area contributed by atoms with Crippen molar-refractivity contribution in [1.29, 1.82) is 0 Å². The maximum Gasteiger partial charge on any atom is 0.293 e. The molecule has 1 aliphatic carbocycles. The molecule has 0 atom stereocenters. The summed E-state index contributed by atoms with van der Waals surface area (Å²) in [5.41, 5.74) is 3.83. The standard InChI is InChI=1S/C14H22N4O2/c1-10(2)8-17(12-6-7-12)9-11-4-3-5-13(18(19)20)14(11)16-15/h3-5,10,12,16H,6-9,15H2,1-2H3. The van der Waals surface area contributed by atoms with Crippen molar-refractivity contribution in [3.05, 3.63) is 33.9 Å². The zero-order valence-corrected chi connectivity index (χ0v) is 12.0. The van der Waals surface area contributed by atoms with Crippen molar-refractivity contribution < 1.29 is 4.92 Å². The van der Waals surface area contributed by atoms with E-state index in [2.05, 4.69) is 24.2 Å². The van der Waals surface area contributed by atoms with Crippen LogP contribution in [0.3, 0.4) is 0 Å². The van der Waals surface area contributed by atoms with Gasteiger partial charge in [0.1, 0.15) is 5.69 Å². The summed E-state index contributed by atoms with van der Waals surface area (Å²) < 4.78 is 0. The Morgan fingerprint density at radius 1 is 1.50 bits per heavy atom. The highest BCUT2D eigenvalue weighted by Gasteiger charge is 2.30. The van der Waals surface area contributed by atoms with E-state index in [0.717, 1.165) is 12.1 Å². The molecule has 2 rings (SSSR count). The predicted octanol–water partition coefficient (Wildman–Crippen LogP) is 2.50. The van der Waals surface area contributed by atoms with Gasteiger partial charge in [0.2, 0.25) is 0 Å². The van der Waals surface area contributed by atoms with Gasteiger partial charge in [0.05, 0.1) is 4.92 Å². The van der Waals surface area contributed by atoms with Gasteiger partial charge in [-0.3, -0.25) is 20.9 Å². The molecular formula is C14H22N4O2. The molecule has 0 aromatic heterocycles. The van der Waals surface area contributed by atoms with E-state index in [-0.39, 0.29) is 5.69 Å². The number of benzene rings is 1. The van der Waals surface area contributed by atoms with E-state index < -0.39 is 4.92 Å². The van der Waals surface area contributed by atoms with Crippen molar-refractivity contribution in [3.8, 4) is 0 Å². The molecule has 110 valence electrons. The lowest BCUT2D eigenvalue weighted by Crippen LogP contribution is -2.30. The van der Waals surface area contributed by atoms with Crippen molar-refractivity contribution in [2.45, 2.75) is 39.3 Å². The fourth-order valence-electron chi connectivity index (χ4n) is 2.51. The summed E-state index contributed by atoms with van der Waals surface area (Å²) in [6.45, 7) is 6.07. The summed E-state index contributed by atoms with van der Waals surface area (Å²) in [6.07, 6.45) is 2.43. The Morgan fingerprint density at radius 3 is 2.70 bits per heavy atom. The van der Waals surface area contributed by atoms with Crippen molar-refractivity contribution in [2.24, 2.45) is 11.8 Å². The van der Waals surface area contributed by atoms with Gasteiger partial charge in [-0.2, -0.15) is 0 Å². The fourth-order valence-corrected chi connectivity index (χ4v) is 2.51. The van der Waals surface area contributed by atoms with Crippen LogP contribution in [0.1, 0.15) is 32.3 Å². The smallest absolute Gasteiger partial charge is 0.293 e. The first-order valence-electron chi connectivity index (χ1n) is 7.00. The SMILES string of the molecule is CC(C)CN(Cc1cccc([N+](=O)[O-])c1NN)C1CC1. The molecule has 1 aromatic rings. The van der Waals surface area contributed by atoms with Crippen LogP contribution in [0.4, 0.5) is 11.4 Å². The van der Waals surface area contributed by atoms with E-state index in [9.17, 15) is 10.1 Å². The fraction of sp³-hybridized carbons (Fsp3) is 0.571. The summed E-state index contributed by atoms with van der Waals surface area (Å²) in [7, 11) is 0. The van der Waals surface area contributed by atoms with E-state index in [1.165, 1.54) is 18.9 Å². The Hall–Kier alpha value is -1.66. The topological polar surface area (TPSA) is 84.4 Å². The molecule has 0 spiro atoms. The number of nitrogens with two attached hydrogens (primary N) is 1. The largest absolute Gasteiger partial charge is 0.318 e. The molecule has 0 heterocycles. The van der Waals surface area contributed by atoms with E-state index in [1.807, 2.05) is 6.07 Å². The van der Waals surface area contributed by atoms with Crippen LogP contribution in [0.15, 0.2) is 18.2 Å². The number of hydrogen-bond acceptors (Lipinski definition) is 5. The first kappa shape index (κ1) is 14.7. The molecular weight excluding hydrogens is 256 g/mol. The van der Waals surface area contributed by atoms with Crippen LogP contribution < -0.4 is 11.3 Å². The van der Waals surface area contributed by atoms with Gasteiger partial charge in [-0.15, -0.1) is 0 Å². The van der Waals surface area contributed by atoms with Gasteiger partial charge in [0.15, 0.2) is 0 Å². The van der Waals surface area contributed by atoms with Gasteiger partial charge in [-0.1, -0.05) is 26.0 Å². The van der Waals surface area contributed by atoms with Crippen LogP contribution in [0.25, 0.3) is 0 Å². The van der Waals surface area contributed by atoms with Gasteiger partial charge >= 0.3 is 0 Å². The minimum Gasteiger partial charge on any atom is -0.318 e. The molecule has 0 saturated heterocycles. The molecule has 0 amide bonds. The molecule has 0 radical (unpaired) electrons. The quantitative estimate of drug-likeness (QED) is 0.455. The van der Waals surface area contributed by atoms with Gasteiger partial charge in [-0.05, 0) is 24.3 Å². The van der Waals surface area contributed by atoms with Crippen LogP contribution in [0, 0.1) is 16.0 Å². The van der Waals surface area contributed by atoms with Crippen molar-refractivity contribution in [1.82, 2.24) is 4.90 Å². The summed E-state index contributed by atoms with van der Waals surface area (Å²) in [4.78, 5) is 13.0. The maximum atomic E-state index is 11.0. The minimum absolute atomic E-state index is 0.0327. The maximum absolute atomic E-state index is 11.0. The third kappa shape index (κ3) is 3.46. The third-order valence-electron chi connectivity index (χ3n) is 3.51. The van der Waals surface area contributed by atoms with E-state index in [1.54, 1.807) is 6.07 Å². The Labute approximate surface area is 119 Å². The van der Waals surface area contributed by atoms with Gasteiger partial charge in [-0.25, -0.2) is 0 Å². The Morgan fingerprint density at radius 2 is 2.20 bits per heavy atom. The molecule has 6 heteroatoms. The highest BCUT2D eigenvalue weighted by molar-refractivity contribution is 5.65. The molecule has 1 aromatic carbocycles. The van der Waals surface area contributed by atoms with E-state index in [0.29, 0.717) is 24.2 Å². The summed E-state index contributed by atoms with van der Waals surface area (Å²) >= 11 is 0. The second-order valence-electron chi connectivity index (χ2n) is 5.77. The number of nitrogens with zero attached hydrogens (tertiary/aromatic N) is 2. The monoisotopic (exact) mass is 278 g/mol. The molecule has 0 unspecified atom stereocenters.